The predicted octanol–water partition coefficient (Wildman–Crippen LogP) is 0.269. The van der Waals surface area contributed by atoms with Gasteiger partial charge in [0.25, 0.3) is 0 Å². The average molecular weight is 251 g/mol. The maximum Gasteiger partial charge on any atom is 0.340 e. The second-order valence-corrected chi connectivity index (χ2v) is 4.40. The van der Waals surface area contributed by atoms with Crippen molar-refractivity contribution in [3.05, 3.63) is 17.8 Å². The summed E-state index contributed by atoms with van der Waals surface area (Å²) in [7, 11) is 1.32. The number of nitrogen functional groups attached to an aromatic ring is 1. The van der Waals surface area contributed by atoms with Crippen LogP contribution in [-0.2, 0) is 4.74 Å². The molecule has 0 spiro atoms. The first-order chi connectivity index (χ1) is 8.65. The van der Waals surface area contributed by atoms with E-state index in [1.807, 2.05) is 4.90 Å². The minimum atomic E-state index is -0.464. The Hall–Kier alpha value is -1.82. The first-order valence-electron chi connectivity index (χ1n) is 5.85. The number of carbonyl (C=O) groups excluding carboxylic acids is 1. The monoisotopic (exact) mass is 251 g/mol. The topological polar surface area (TPSA) is 88.7 Å². The quantitative estimate of drug-likeness (QED) is 0.750. The van der Waals surface area contributed by atoms with Gasteiger partial charge < -0.3 is 20.5 Å². The van der Waals surface area contributed by atoms with Gasteiger partial charge in [0.15, 0.2) is 0 Å². The molecule has 0 saturated carbocycles. The van der Waals surface area contributed by atoms with Crippen LogP contribution in [0.4, 0.5) is 11.5 Å². The molecule has 0 aromatic carbocycles. The van der Waals surface area contributed by atoms with Crippen molar-refractivity contribution >= 4 is 17.5 Å². The second kappa shape index (κ2) is 5.22. The number of aliphatic hydroxyl groups is 1. The molecule has 1 saturated heterocycles. The maximum absolute atomic E-state index is 11.5. The average Bonchev–Trinajstić information content (AvgIpc) is 2.87. The highest BCUT2D eigenvalue weighted by atomic mass is 16.5. The van der Waals surface area contributed by atoms with Gasteiger partial charge in [0, 0.05) is 25.6 Å². The van der Waals surface area contributed by atoms with Crippen LogP contribution in [0.25, 0.3) is 0 Å². The zero-order valence-corrected chi connectivity index (χ0v) is 10.3. The number of hydrogen-bond acceptors (Lipinski definition) is 6. The van der Waals surface area contributed by atoms with Crippen LogP contribution in [0.2, 0.25) is 0 Å². The third kappa shape index (κ3) is 2.38. The van der Waals surface area contributed by atoms with E-state index in [0.717, 1.165) is 19.5 Å². The predicted molar refractivity (Wildman–Crippen MR) is 67.4 cm³/mol. The standard InChI is InChI=1S/C12H17N3O3/c1-18-12(17)9-4-11(14-5-10(9)13)15-3-2-8(6-15)7-16/h4-5,8,16H,2-3,6-7,13H2,1H3. The van der Waals surface area contributed by atoms with E-state index in [4.69, 9.17) is 10.8 Å². The number of aliphatic hydroxyl groups excluding tert-OH is 1. The number of carbonyl (C=O) groups is 1. The smallest absolute Gasteiger partial charge is 0.340 e. The van der Waals surface area contributed by atoms with Crippen molar-refractivity contribution < 1.29 is 14.6 Å². The van der Waals surface area contributed by atoms with Gasteiger partial charge in [-0.25, -0.2) is 9.78 Å². The van der Waals surface area contributed by atoms with Gasteiger partial charge in [0.2, 0.25) is 0 Å². The first kappa shape index (κ1) is 12.6. The molecule has 6 nitrogen and oxygen atoms in total. The van der Waals surface area contributed by atoms with Gasteiger partial charge in [-0.2, -0.15) is 0 Å². The Morgan fingerprint density at radius 1 is 1.72 bits per heavy atom. The lowest BCUT2D eigenvalue weighted by Gasteiger charge is -2.18. The third-order valence-corrected chi connectivity index (χ3v) is 3.19. The maximum atomic E-state index is 11.5. The second-order valence-electron chi connectivity index (χ2n) is 4.40. The molecule has 1 aliphatic rings. The van der Waals surface area contributed by atoms with Gasteiger partial charge in [0.05, 0.1) is 24.6 Å². The molecule has 1 unspecified atom stereocenters. The summed E-state index contributed by atoms with van der Waals surface area (Å²) in [5.74, 6) is 0.500. The number of esters is 1. The molecule has 1 fully saturated rings. The summed E-state index contributed by atoms with van der Waals surface area (Å²) in [5.41, 5.74) is 6.33. The van der Waals surface area contributed by atoms with Crippen LogP contribution in [0, 0.1) is 5.92 Å². The number of nitrogens with zero attached hydrogens (tertiary/aromatic N) is 2. The summed E-state index contributed by atoms with van der Waals surface area (Å²) >= 11 is 0. The molecule has 1 aromatic rings. The van der Waals surface area contributed by atoms with Gasteiger partial charge in [-0.3, -0.25) is 0 Å². The number of hydrogen-bond donors (Lipinski definition) is 2. The number of ether oxygens (including phenoxy) is 1. The number of aromatic nitrogens is 1. The Labute approximate surface area is 105 Å². The largest absolute Gasteiger partial charge is 0.465 e. The van der Waals surface area contributed by atoms with Crippen molar-refractivity contribution in [1.82, 2.24) is 4.98 Å². The van der Waals surface area contributed by atoms with Gasteiger partial charge in [-0.05, 0) is 12.5 Å². The van der Waals surface area contributed by atoms with Crippen LogP contribution in [-0.4, -0.2) is 42.9 Å². The fourth-order valence-electron chi connectivity index (χ4n) is 2.10. The highest BCUT2D eigenvalue weighted by molar-refractivity contribution is 5.95. The van der Waals surface area contributed by atoms with Crippen molar-refractivity contribution in [2.24, 2.45) is 5.92 Å². The molecular weight excluding hydrogens is 234 g/mol. The normalized spacial score (nSPS) is 19.0. The molecule has 1 aromatic heterocycles. The Bertz CT molecular complexity index is 450. The molecule has 0 bridgehead atoms. The summed E-state index contributed by atoms with van der Waals surface area (Å²) in [5, 5.41) is 9.11. The fourth-order valence-corrected chi connectivity index (χ4v) is 2.10. The summed E-state index contributed by atoms with van der Waals surface area (Å²) < 4.78 is 4.67. The molecule has 98 valence electrons. The third-order valence-electron chi connectivity index (χ3n) is 3.19. The Morgan fingerprint density at radius 2 is 2.50 bits per heavy atom. The van der Waals surface area contributed by atoms with Gasteiger partial charge in [-0.1, -0.05) is 0 Å². The minimum absolute atomic E-state index is 0.176. The van der Waals surface area contributed by atoms with E-state index in [1.165, 1.54) is 13.3 Å². The highest BCUT2D eigenvalue weighted by Crippen LogP contribution is 2.24. The lowest BCUT2D eigenvalue weighted by Crippen LogP contribution is -2.22. The van der Waals surface area contributed by atoms with E-state index in [-0.39, 0.29) is 12.5 Å². The number of methoxy groups -OCH3 is 1. The summed E-state index contributed by atoms with van der Waals surface area (Å²) in [6.07, 6.45) is 2.39. The van der Waals surface area contributed by atoms with Crippen LogP contribution >= 0.6 is 0 Å². The molecule has 1 atom stereocenters. The van der Waals surface area contributed by atoms with Crippen LogP contribution in [0.5, 0.6) is 0 Å². The lowest BCUT2D eigenvalue weighted by atomic mass is 10.1. The summed E-state index contributed by atoms with van der Waals surface area (Å²) in [4.78, 5) is 17.8. The van der Waals surface area contributed by atoms with Crippen LogP contribution in [0.1, 0.15) is 16.8 Å². The van der Waals surface area contributed by atoms with E-state index in [0.29, 0.717) is 17.1 Å². The minimum Gasteiger partial charge on any atom is -0.465 e. The molecule has 0 amide bonds. The van der Waals surface area contributed by atoms with E-state index in [1.54, 1.807) is 6.07 Å². The molecule has 0 aliphatic carbocycles. The SMILES string of the molecule is COC(=O)c1cc(N2CCC(CO)C2)ncc1N. The Balaban J connectivity index is 2.22. The summed E-state index contributed by atoms with van der Waals surface area (Å²) in [6, 6.07) is 1.64. The molecule has 2 rings (SSSR count). The molecule has 3 N–H and O–H groups in total. The summed E-state index contributed by atoms with van der Waals surface area (Å²) in [6.45, 7) is 1.74. The Morgan fingerprint density at radius 3 is 3.11 bits per heavy atom. The van der Waals surface area contributed by atoms with Crippen molar-refractivity contribution in [1.29, 1.82) is 0 Å². The van der Waals surface area contributed by atoms with E-state index in [2.05, 4.69) is 9.72 Å². The van der Waals surface area contributed by atoms with Gasteiger partial charge >= 0.3 is 5.97 Å². The molecule has 2 heterocycles. The number of pyridine rings is 1. The first-order valence-corrected chi connectivity index (χ1v) is 5.85. The zero-order chi connectivity index (χ0) is 13.1. The highest BCUT2D eigenvalue weighted by Gasteiger charge is 2.24. The van der Waals surface area contributed by atoms with Crippen LogP contribution in [0.15, 0.2) is 12.3 Å². The van der Waals surface area contributed by atoms with Crippen molar-refractivity contribution in [3.8, 4) is 0 Å². The molecule has 1 aliphatic heterocycles. The molecule has 18 heavy (non-hydrogen) atoms. The van der Waals surface area contributed by atoms with Crippen molar-refractivity contribution in [2.75, 3.05) is 37.4 Å². The van der Waals surface area contributed by atoms with Gasteiger partial charge in [-0.15, -0.1) is 0 Å². The fraction of sp³-hybridized carbons (Fsp3) is 0.500. The lowest BCUT2D eigenvalue weighted by molar-refractivity contribution is 0.0602. The van der Waals surface area contributed by atoms with Gasteiger partial charge in [0.1, 0.15) is 5.82 Å². The molecule has 6 heteroatoms. The number of nitrogens with two attached hydrogens (primary N) is 1. The molecular formula is C12H17N3O3. The van der Waals surface area contributed by atoms with E-state index in [9.17, 15) is 4.79 Å². The number of rotatable bonds is 3. The van der Waals surface area contributed by atoms with Crippen LogP contribution in [0.3, 0.4) is 0 Å². The van der Waals surface area contributed by atoms with Crippen LogP contribution < -0.4 is 10.6 Å². The van der Waals surface area contributed by atoms with E-state index >= 15 is 0 Å². The van der Waals surface area contributed by atoms with Crippen molar-refractivity contribution in [3.63, 3.8) is 0 Å². The number of anilines is 2. The zero-order valence-electron chi connectivity index (χ0n) is 10.3. The van der Waals surface area contributed by atoms with Crippen molar-refractivity contribution in [2.45, 2.75) is 6.42 Å². The molecule has 0 radical (unpaired) electrons. The Kier molecular flexibility index (Phi) is 3.66. The van der Waals surface area contributed by atoms with E-state index < -0.39 is 5.97 Å².